The normalized spacial score (nSPS) is 16.3. The maximum Gasteiger partial charge on any atom is 0.351 e. The molecule has 3 aromatic rings. The molecule has 1 aliphatic heterocycles. The SMILES string of the molecule is O=C(OCc1nc2ccccc2o1)[C@H]1COc2ccccc2O1. The number of aromatic nitrogens is 1. The molecular formula is C17H13NO5. The third-order valence-corrected chi connectivity index (χ3v) is 3.45. The monoisotopic (exact) mass is 311 g/mol. The van der Waals surface area contributed by atoms with Gasteiger partial charge in [0.1, 0.15) is 12.1 Å². The fraction of sp³-hybridized carbons (Fsp3) is 0.176. The average Bonchev–Trinajstić information content (AvgIpc) is 3.02. The molecule has 0 N–H and O–H groups in total. The van der Waals surface area contributed by atoms with Crippen molar-refractivity contribution in [2.24, 2.45) is 0 Å². The topological polar surface area (TPSA) is 70.8 Å². The highest BCUT2D eigenvalue weighted by molar-refractivity contribution is 5.76. The van der Waals surface area contributed by atoms with Crippen molar-refractivity contribution >= 4 is 17.1 Å². The molecule has 6 nitrogen and oxygen atoms in total. The summed E-state index contributed by atoms with van der Waals surface area (Å²) in [5.74, 6) is 0.983. The number of oxazole rings is 1. The summed E-state index contributed by atoms with van der Waals surface area (Å²) in [5.41, 5.74) is 1.38. The molecule has 0 bridgehead atoms. The summed E-state index contributed by atoms with van der Waals surface area (Å²) in [6, 6.07) is 14.5. The van der Waals surface area contributed by atoms with Gasteiger partial charge in [0.15, 0.2) is 23.7 Å². The Bertz CT molecular complexity index is 824. The van der Waals surface area contributed by atoms with Gasteiger partial charge >= 0.3 is 5.97 Å². The number of para-hydroxylation sites is 4. The molecule has 1 aliphatic rings. The van der Waals surface area contributed by atoms with E-state index in [9.17, 15) is 4.79 Å². The molecule has 4 rings (SSSR count). The van der Waals surface area contributed by atoms with Crippen LogP contribution >= 0.6 is 0 Å². The van der Waals surface area contributed by atoms with E-state index in [2.05, 4.69) is 4.98 Å². The predicted molar refractivity (Wildman–Crippen MR) is 80.2 cm³/mol. The lowest BCUT2D eigenvalue weighted by Crippen LogP contribution is -2.37. The van der Waals surface area contributed by atoms with Gasteiger partial charge in [-0.25, -0.2) is 9.78 Å². The first-order chi connectivity index (χ1) is 11.3. The largest absolute Gasteiger partial charge is 0.485 e. The van der Waals surface area contributed by atoms with E-state index in [-0.39, 0.29) is 13.2 Å². The number of ether oxygens (including phenoxy) is 3. The zero-order chi connectivity index (χ0) is 15.6. The standard InChI is InChI=1S/C17H13NO5/c19-17(15-9-20-13-7-3-4-8-14(13)22-15)21-10-16-18-11-5-1-2-6-12(11)23-16/h1-8,15H,9-10H2/t15-/m1/s1. The van der Waals surface area contributed by atoms with Gasteiger partial charge in [-0.15, -0.1) is 0 Å². The number of esters is 1. The first-order valence-corrected chi connectivity index (χ1v) is 7.19. The van der Waals surface area contributed by atoms with E-state index in [1.54, 1.807) is 12.1 Å². The van der Waals surface area contributed by atoms with Crippen LogP contribution < -0.4 is 9.47 Å². The molecule has 2 aromatic carbocycles. The van der Waals surface area contributed by atoms with Crippen LogP contribution in [0.4, 0.5) is 0 Å². The molecule has 23 heavy (non-hydrogen) atoms. The van der Waals surface area contributed by atoms with Crippen LogP contribution in [0.3, 0.4) is 0 Å². The van der Waals surface area contributed by atoms with Crippen molar-refractivity contribution in [3.05, 3.63) is 54.4 Å². The molecule has 0 unspecified atom stereocenters. The molecule has 0 saturated heterocycles. The number of carbonyl (C=O) groups is 1. The Morgan fingerprint density at radius 2 is 1.91 bits per heavy atom. The lowest BCUT2D eigenvalue weighted by atomic mass is 10.2. The molecule has 6 heteroatoms. The number of hydrogen-bond acceptors (Lipinski definition) is 6. The second kappa shape index (κ2) is 5.64. The zero-order valence-electron chi connectivity index (χ0n) is 12.1. The molecule has 0 aliphatic carbocycles. The van der Waals surface area contributed by atoms with E-state index in [0.717, 1.165) is 5.52 Å². The van der Waals surface area contributed by atoms with E-state index in [4.69, 9.17) is 18.6 Å². The van der Waals surface area contributed by atoms with Crippen LogP contribution in [0.1, 0.15) is 5.89 Å². The summed E-state index contributed by atoms with van der Waals surface area (Å²) < 4.78 is 21.8. The van der Waals surface area contributed by atoms with Crippen LogP contribution in [0, 0.1) is 0 Å². The summed E-state index contributed by atoms with van der Waals surface area (Å²) in [7, 11) is 0. The van der Waals surface area contributed by atoms with Gasteiger partial charge < -0.3 is 18.6 Å². The van der Waals surface area contributed by atoms with Gasteiger partial charge in [-0.3, -0.25) is 0 Å². The number of rotatable bonds is 3. The highest BCUT2D eigenvalue weighted by atomic mass is 16.6. The molecule has 0 fully saturated rings. The molecule has 0 amide bonds. The van der Waals surface area contributed by atoms with Crippen molar-refractivity contribution in [2.45, 2.75) is 12.7 Å². The van der Waals surface area contributed by atoms with Gasteiger partial charge in [-0.2, -0.15) is 0 Å². The van der Waals surface area contributed by atoms with E-state index >= 15 is 0 Å². The number of fused-ring (bicyclic) bond motifs is 2. The number of hydrogen-bond donors (Lipinski definition) is 0. The first kappa shape index (κ1) is 13.6. The molecular weight excluding hydrogens is 298 g/mol. The lowest BCUT2D eigenvalue weighted by Gasteiger charge is -2.24. The summed E-state index contributed by atoms with van der Waals surface area (Å²) in [6.45, 7) is 0.0679. The Balaban J connectivity index is 1.40. The molecule has 116 valence electrons. The Hall–Kier alpha value is -3.02. The van der Waals surface area contributed by atoms with E-state index < -0.39 is 12.1 Å². The van der Waals surface area contributed by atoms with Gasteiger partial charge in [0.25, 0.3) is 0 Å². The first-order valence-electron chi connectivity index (χ1n) is 7.19. The third-order valence-electron chi connectivity index (χ3n) is 3.45. The van der Waals surface area contributed by atoms with E-state index in [1.165, 1.54) is 0 Å². The minimum atomic E-state index is -0.797. The van der Waals surface area contributed by atoms with E-state index in [1.807, 2.05) is 36.4 Å². The fourth-order valence-corrected chi connectivity index (χ4v) is 2.34. The van der Waals surface area contributed by atoms with Crippen molar-refractivity contribution in [1.82, 2.24) is 4.98 Å². The number of carbonyl (C=O) groups excluding carboxylic acids is 1. The molecule has 0 saturated carbocycles. The lowest BCUT2D eigenvalue weighted by molar-refractivity contribution is -0.156. The second-order valence-electron chi connectivity index (χ2n) is 5.05. The minimum Gasteiger partial charge on any atom is -0.485 e. The fourth-order valence-electron chi connectivity index (χ4n) is 2.34. The van der Waals surface area contributed by atoms with Crippen molar-refractivity contribution in [1.29, 1.82) is 0 Å². The molecule has 2 heterocycles. The zero-order valence-corrected chi connectivity index (χ0v) is 12.1. The minimum absolute atomic E-state index is 0.0466. The van der Waals surface area contributed by atoms with Crippen LogP contribution in [0.25, 0.3) is 11.1 Å². The van der Waals surface area contributed by atoms with Crippen molar-refractivity contribution in [2.75, 3.05) is 6.61 Å². The smallest absolute Gasteiger partial charge is 0.351 e. The highest BCUT2D eigenvalue weighted by Gasteiger charge is 2.29. The van der Waals surface area contributed by atoms with Crippen LogP contribution in [0.2, 0.25) is 0 Å². The molecule has 1 atom stereocenters. The second-order valence-corrected chi connectivity index (χ2v) is 5.05. The number of benzene rings is 2. The Kier molecular flexibility index (Phi) is 3.34. The predicted octanol–water partition coefficient (Wildman–Crippen LogP) is 2.71. The van der Waals surface area contributed by atoms with Gasteiger partial charge in [0.05, 0.1) is 0 Å². The summed E-state index contributed by atoms with van der Waals surface area (Å²) >= 11 is 0. The summed E-state index contributed by atoms with van der Waals surface area (Å²) in [4.78, 5) is 16.3. The maximum atomic E-state index is 12.1. The van der Waals surface area contributed by atoms with Crippen molar-refractivity contribution in [3.8, 4) is 11.5 Å². The molecule has 1 aromatic heterocycles. The Morgan fingerprint density at radius 1 is 1.13 bits per heavy atom. The van der Waals surface area contributed by atoms with Gasteiger partial charge in [0, 0.05) is 0 Å². The van der Waals surface area contributed by atoms with Crippen molar-refractivity contribution < 1.29 is 23.4 Å². The van der Waals surface area contributed by atoms with Crippen LogP contribution in [0.15, 0.2) is 52.9 Å². The Morgan fingerprint density at radius 3 is 2.78 bits per heavy atom. The van der Waals surface area contributed by atoms with Gasteiger partial charge in [-0.1, -0.05) is 24.3 Å². The maximum absolute atomic E-state index is 12.1. The quantitative estimate of drug-likeness (QED) is 0.693. The van der Waals surface area contributed by atoms with Crippen LogP contribution in [0.5, 0.6) is 11.5 Å². The van der Waals surface area contributed by atoms with Crippen LogP contribution in [-0.2, 0) is 16.1 Å². The van der Waals surface area contributed by atoms with E-state index in [0.29, 0.717) is 23.0 Å². The van der Waals surface area contributed by atoms with Crippen LogP contribution in [-0.4, -0.2) is 23.7 Å². The molecule has 0 spiro atoms. The average molecular weight is 311 g/mol. The van der Waals surface area contributed by atoms with Crippen molar-refractivity contribution in [3.63, 3.8) is 0 Å². The summed E-state index contributed by atoms with van der Waals surface area (Å²) in [5, 5.41) is 0. The molecule has 0 radical (unpaired) electrons. The third kappa shape index (κ3) is 2.70. The van der Waals surface area contributed by atoms with Gasteiger partial charge in [0.2, 0.25) is 12.0 Å². The summed E-state index contributed by atoms with van der Waals surface area (Å²) in [6.07, 6.45) is -0.797. The van der Waals surface area contributed by atoms with Gasteiger partial charge in [-0.05, 0) is 24.3 Å². The highest BCUT2D eigenvalue weighted by Crippen LogP contribution is 2.31. The number of nitrogens with zero attached hydrogens (tertiary/aromatic N) is 1. The Labute approximate surface area is 131 Å².